The highest BCUT2D eigenvalue weighted by Crippen LogP contribution is 2.15. The number of aromatic nitrogens is 3. The van der Waals surface area contributed by atoms with E-state index in [9.17, 15) is 9.59 Å². The number of fused-ring (bicyclic) bond motifs is 1. The number of piperazine rings is 1. The lowest BCUT2D eigenvalue weighted by Crippen LogP contribution is -2.50. The molecule has 0 radical (unpaired) electrons. The Balaban J connectivity index is 1.42. The number of benzene rings is 1. The molecule has 2 aromatic heterocycles. The molecule has 3 heterocycles. The Kier molecular flexibility index (Phi) is 4.58. The van der Waals surface area contributed by atoms with Crippen molar-refractivity contribution in [1.82, 2.24) is 24.8 Å². The van der Waals surface area contributed by atoms with E-state index in [0.717, 1.165) is 23.0 Å². The van der Waals surface area contributed by atoms with Gasteiger partial charge in [0.1, 0.15) is 5.69 Å². The molecule has 0 bridgehead atoms. The Bertz CT molecular complexity index is 989. The SMILES string of the molecule is CCc1ccnc(C(=O)N2CCN(C(=O)c3ccc4nc[nH]c4c3)CC2)c1. The first-order valence-corrected chi connectivity index (χ1v) is 9.12. The van der Waals surface area contributed by atoms with Crippen molar-refractivity contribution >= 4 is 22.8 Å². The summed E-state index contributed by atoms with van der Waals surface area (Å²) in [4.78, 5) is 40.4. The van der Waals surface area contributed by atoms with Crippen molar-refractivity contribution < 1.29 is 9.59 Å². The van der Waals surface area contributed by atoms with Crippen molar-refractivity contribution in [3.05, 3.63) is 59.7 Å². The first-order valence-electron chi connectivity index (χ1n) is 9.12. The quantitative estimate of drug-likeness (QED) is 0.773. The first-order chi connectivity index (χ1) is 13.2. The number of pyridine rings is 1. The van der Waals surface area contributed by atoms with Crippen LogP contribution in [0.1, 0.15) is 33.3 Å². The number of nitrogens with one attached hydrogen (secondary N) is 1. The Labute approximate surface area is 157 Å². The molecule has 1 fully saturated rings. The molecule has 1 aliphatic rings. The van der Waals surface area contributed by atoms with Crippen molar-refractivity contribution in [2.75, 3.05) is 26.2 Å². The van der Waals surface area contributed by atoms with Crippen LogP contribution in [0.25, 0.3) is 11.0 Å². The van der Waals surface area contributed by atoms with E-state index in [1.54, 1.807) is 28.4 Å². The molecule has 0 unspecified atom stereocenters. The lowest BCUT2D eigenvalue weighted by Gasteiger charge is -2.34. The second kappa shape index (κ2) is 7.19. The minimum absolute atomic E-state index is 0.0234. The third-order valence-corrected chi connectivity index (χ3v) is 4.97. The zero-order chi connectivity index (χ0) is 18.8. The van der Waals surface area contributed by atoms with E-state index in [1.807, 2.05) is 24.3 Å². The van der Waals surface area contributed by atoms with Gasteiger partial charge in [-0.2, -0.15) is 0 Å². The van der Waals surface area contributed by atoms with Gasteiger partial charge in [-0.15, -0.1) is 0 Å². The molecule has 3 aromatic rings. The standard InChI is InChI=1S/C20H21N5O2/c1-2-14-5-6-21-18(11-14)20(27)25-9-7-24(8-10-25)19(26)15-3-4-16-17(12-15)23-13-22-16/h3-6,11-13H,2,7-10H2,1H3,(H,22,23). The number of aromatic amines is 1. The fourth-order valence-corrected chi connectivity index (χ4v) is 3.34. The van der Waals surface area contributed by atoms with Crippen LogP contribution in [-0.2, 0) is 6.42 Å². The van der Waals surface area contributed by atoms with Gasteiger partial charge in [-0.25, -0.2) is 4.98 Å². The van der Waals surface area contributed by atoms with Gasteiger partial charge in [0.2, 0.25) is 0 Å². The molecule has 7 heteroatoms. The van der Waals surface area contributed by atoms with Crippen LogP contribution < -0.4 is 0 Å². The normalized spacial score (nSPS) is 14.6. The number of H-pyrrole nitrogens is 1. The Hall–Kier alpha value is -3.22. The molecule has 0 aliphatic carbocycles. The zero-order valence-electron chi connectivity index (χ0n) is 15.2. The maximum atomic E-state index is 12.8. The maximum absolute atomic E-state index is 12.8. The Morgan fingerprint density at radius 3 is 2.48 bits per heavy atom. The lowest BCUT2D eigenvalue weighted by molar-refractivity contribution is 0.0532. The van der Waals surface area contributed by atoms with Gasteiger partial charge in [0.15, 0.2) is 0 Å². The van der Waals surface area contributed by atoms with Crippen LogP contribution in [0.15, 0.2) is 42.9 Å². The van der Waals surface area contributed by atoms with Crippen molar-refractivity contribution in [2.24, 2.45) is 0 Å². The second-order valence-electron chi connectivity index (χ2n) is 6.62. The minimum atomic E-state index is -0.0729. The van der Waals surface area contributed by atoms with Crippen LogP contribution in [0.3, 0.4) is 0 Å². The number of amides is 2. The Morgan fingerprint density at radius 2 is 1.74 bits per heavy atom. The van der Waals surface area contributed by atoms with Gasteiger partial charge in [-0.1, -0.05) is 6.92 Å². The van der Waals surface area contributed by atoms with Crippen molar-refractivity contribution in [3.63, 3.8) is 0 Å². The molecule has 27 heavy (non-hydrogen) atoms. The van der Waals surface area contributed by atoms with Crippen LogP contribution in [0.2, 0.25) is 0 Å². The number of hydrogen-bond acceptors (Lipinski definition) is 4. The van der Waals surface area contributed by atoms with Crippen LogP contribution in [0.4, 0.5) is 0 Å². The molecular formula is C20H21N5O2. The van der Waals surface area contributed by atoms with E-state index < -0.39 is 0 Å². The molecule has 2 amide bonds. The maximum Gasteiger partial charge on any atom is 0.272 e. The predicted octanol–water partition coefficient (Wildman–Crippen LogP) is 2.12. The monoisotopic (exact) mass is 363 g/mol. The highest BCUT2D eigenvalue weighted by Gasteiger charge is 2.26. The average molecular weight is 363 g/mol. The van der Waals surface area contributed by atoms with Gasteiger partial charge in [-0.05, 0) is 42.3 Å². The van der Waals surface area contributed by atoms with Crippen LogP contribution >= 0.6 is 0 Å². The summed E-state index contributed by atoms with van der Waals surface area (Å²) in [6.45, 7) is 4.09. The second-order valence-corrected chi connectivity index (χ2v) is 6.62. The molecule has 1 saturated heterocycles. The third kappa shape index (κ3) is 3.40. The topological polar surface area (TPSA) is 82.2 Å². The van der Waals surface area contributed by atoms with E-state index >= 15 is 0 Å². The summed E-state index contributed by atoms with van der Waals surface area (Å²) in [7, 11) is 0. The number of carbonyl (C=O) groups is 2. The van der Waals surface area contributed by atoms with Crippen LogP contribution in [0.5, 0.6) is 0 Å². The number of imidazole rings is 1. The molecule has 4 rings (SSSR count). The largest absolute Gasteiger partial charge is 0.345 e. The third-order valence-electron chi connectivity index (χ3n) is 4.97. The summed E-state index contributed by atoms with van der Waals surface area (Å²) in [6.07, 6.45) is 4.16. The number of carbonyl (C=O) groups excluding carboxylic acids is 2. The summed E-state index contributed by atoms with van der Waals surface area (Å²) in [5.74, 6) is -0.0963. The van der Waals surface area contributed by atoms with Crippen molar-refractivity contribution in [2.45, 2.75) is 13.3 Å². The summed E-state index contributed by atoms with van der Waals surface area (Å²) < 4.78 is 0. The van der Waals surface area contributed by atoms with Gasteiger partial charge < -0.3 is 14.8 Å². The summed E-state index contributed by atoms with van der Waals surface area (Å²) in [5, 5.41) is 0. The van der Waals surface area contributed by atoms with Crippen LogP contribution in [-0.4, -0.2) is 62.7 Å². The lowest BCUT2D eigenvalue weighted by atomic mass is 10.1. The molecule has 1 aromatic carbocycles. The molecule has 7 nitrogen and oxygen atoms in total. The van der Waals surface area contributed by atoms with E-state index in [0.29, 0.717) is 37.4 Å². The molecule has 0 saturated carbocycles. The number of aryl methyl sites for hydroxylation is 1. The zero-order valence-corrected chi connectivity index (χ0v) is 15.2. The van der Waals surface area contributed by atoms with E-state index in [-0.39, 0.29) is 11.8 Å². The molecule has 1 aliphatic heterocycles. The van der Waals surface area contributed by atoms with E-state index in [2.05, 4.69) is 21.9 Å². The average Bonchev–Trinajstić information content (AvgIpc) is 3.20. The molecule has 0 spiro atoms. The van der Waals surface area contributed by atoms with Crippen molar-refractivity contribution in [3.8, 4) is 0 Å². The highest BCUT2D eigenvalue weighted by atomic mass is 16.2. The van der Waals surface area contributed by atoms with Gasteiger partial charge >= 0.3 is 0 Å². The van der Waals surface area contributed by atoms with Gasteiger partial charge in [0, 0.05) is 37.9 Å². The summed E-state index contributed by atoms with van der Waals surface area (Å²) >= 11 is 0. The Morgan fingerprint density at radius 1 is 1.00 bits per heavy atom. The summed E-state index contributed by atoms with van der Waals surface area (Å²) in [5.41, 5.74) is 3.87. The highest BCUT2D eigenvalue weighted by molar-refractivity contribution is 5.97. The van der Waals surface area contributed by atoms with Crippen molar-refractivity contribution in [1.29, 1.82) is 0 Å². The smallest absolute Gasteiger partial charge is 0.272 e. The number of rotatable bonds is 3. The minimum Gasteiger partial charge on any atom is -0.345 e. The van der Waals surface area contributed by atoms with Gasteiger partial charge in [0.05, 0.1) is 17.4 Å². The fraction of sp³-hybridized carbons (Fsp3) is 0.300. The molecular weight excluding hydrogens is 342 g/mol. The fourth-order valence-electron chi connectivity index (χ4n) is 3.34. The molecule has 0 atom stereocenters. The van der Waals surface area contributed by atoms with E-state index in [1.165, 1.54) is 0 Å². The summed E-state index contributed by atoms with van der Waals surface area (Å²) in [6, 6.07) is 9.22. The number of nitrogens with zero attached hydrogens (tertiary/aromatic N) is 4. The van der Waals surface area contributed by atoms with Gasteiger partial charge in [-0.3, -0.25) is 14.6 Å². The first kappa shape index (κ1) is 17.2. The number of hydrogen-bond donors (Lipinski definition) is 1. The predicted molar refractivity (Wildman–Crippen MR) is 102 cm³/mol. The van der Waals surface area contributed by atoms with E-state index in [4.69, 9.17) is 0 Å². The van der Waals surface area contributed by atoms with Gasteiger partial charge in [0.25, 0.3) is 11.8 Å². The molecule has 1 N–H and O–H groups in total. The molecule has 138 valence electrons. The van der Waals surface area contributed by atoms with Crippen LogP contribution in [0, 0.1) is 0 Å².